The van der Waals surface area contributed by atoms with E-state index in [2.05, 4.69) is 4.72 Å². The number of carbonyl (C=O) groups is 1. The molecule has 0 bridgehead atoms. The first-order valence-electron chi connectivity index (χ1n) is 8.60. The van der Waals surface area contributed by atoms with Gasteiger partial charge >= 0.3 is 0 Å². The monoisotopic (exact) mass is 408 g/mol. The predicted molar refractivity (Wildman–Crippen MR) is 101 cm³/mol. The first kappa shape index (κ1) is 20.2. The summed E-state index contributed by atoms with van der Waals surface area (Å²) >= 11 is 0. The number of amides is 1. The third kappa shape index (κ3) is 5.06. The Hall–Kier alpha value is -2.49. The number of rotatable bonds is 6. The highest BCUT2D eigenvalue weighted by Crippen LogP contribution is 2.27. The van der Waals surface area contributed by atoms with Crippen molar-refractivity contribution in [2.24, 2.45) is 0 Å². The number of aliphatic hydroxyl groups excluding tert-OH is 1. The lowest BCUT2D eigenvalue weighted by Gasteiger charge is -2.38. The predicted octanol–water partition coefficient (Wildman–Crippen LogP) is 1.66. The first-order valence-corrected chi connectivity index (χ1v) is 10.5. The van der Waals surface area contributed by atoms with Gasteiger partial charge in [0.25, 0.3) is 0 Å². The van der Waals surface area contributed by atoms with Gasteiger partial charge in [0.15, 0.2) is 0 Å². The molecular formula is C19H21FN2O5S. The molecule has 0 radical (unpaired) electrons. The maximum Gasteiger partial charge on any atom is 0.249 e. The highest BCUT2D eigenvalue weighted by atomic mass is 32.2. The average Bonchev–Trinajstić information content (AvgIpc) is 2.64. The van der Waals surface area contributed by atoms with Crippen molar-refractivity contribution in [3.63, 3.8) is 0 Å². The minimum absolute atomic E-state index is 0.0817. The van der Waals surface area contributed by atoms with E-state index >= 15 is 0 Å². The Morgan fingerprint density at radius 1 is 1.21 bits per heavy atom. The summed E-state index contributed by atoms with van der Waals surface area (Å²) in [5.41, 5.74) is 1.63. The van der Waals surface area contributed by atoms with Gasteiger partial charge in [-0.25, -0.2) is 12.8 Å². The number of nitrogens with zero attached hydrogens (tertiary/aromatic N) is 1. The van der Waals surface area contributed by atoms with Crippen molar-refractivity contribution in [2.45, 2.75) is 18.7 Å². The maximum atomic E-state index is 13.1. The second kappa shape index (κ2) is 8.26. The number of carbonyl (C=O) groups excluding carboxylic acids is 1. The molecule has 2 N–H and O–H groups in total. The van der Waals surface area contributed by atoms with Crippen molar-refractivity contribution < 1.29 is 27.4 Å². The van der Waals surface area contributed by atoms with Crippen LogP contribution in [0.4, 0.5) is 10.1 Å². The molecular weight excluding hydrogens is 387 g/mol. The summed E-state index contributed by atoms with van der Waals surface area (Å²) < 4.78 is 43.4. The van der Waals surface area contributed by atoms with E-state index < -0.39 is 22.2 Å². The fraction of sp³-hybridized carbons (Fsp3) is 0.316. The van der Waals surface area contributed by atoms with E-state index in [1.54, 1.807) is 24.3 Å². The van der Waals surface area contributed by atoms with Crippen molar-refractivity contribution in [1.29, 1.82) is 0 Å². The smallest absolute Gasteiger partial charge is 0.249 e. The van der Waals surface area contributed by atoms with Crippen LogP contribution < -0.4 is 4.72 Å². The molecule has 1 fully saturated rings. The molecule has 28 heavy (non-hydrogen) atoms. The van der Waals surface area contributed by atoms with Crippen LogP contribution in [0.25, 0.3) is 0 Å². The molecule has 2 aromatic rings. The number of anilines is 1. The minimum Gasteiger partial charge on any atom is -0.386 e. The number of aliphatic hydroxyl groups is 1. The third-order valence-electron chi connectivity index (χ3n) is 4.42. The second-order valence-corrected chi connectivity index (χ2v) is 8.42. The van der Waals surface area contributed by atoms with Gasteiger partial charge in [0.1, 0.15) is 18.5 Å². The Kier molecular flexibility index (Phi) is 5.97. The van der Waals surface area contributed by atoms with Gasteiger partial charge in [-0.3, -0.25) is 9.52 Å². The van der Waals surface area contributed by atoms with Gasteiger partial charge in [-0.1, -0.05) is 24.3 Å². The van der Waals surface area contributed by atoms with E-state index in [4.69, 9.17) is 4.74 Å². The number of nitrogens with one attached hydrogen (secondary N) is 1. The van der Waals surface area contributed by atoms with Gasteiger partial charge in [0.05, 0.1) is 18.9 Å². The molecule has 7 nitrogen and oxygen atoms in total. The molecule has 1 amide bonds. The number of hydrogen-bond acceptors (Lipinski definition) is 5. The molecule has 0 aromatic heterocycles. The van der Waals surface area contributed by atoms with E-state index in [1.807, 2.05) is 0 Å². The Bertz CT molecular complexity index is 932. The summed E-state index contributed by atoms with van der Waals surface area (Å²) in [6, 6.07) is 11.4. The van der Waals surface area contributed by atoms with Crippen LogP contribution in [-0.4, -0.2) is 49.8 Å². The average molecular weight is 408 g/mol. The lowest BCUT2D eigenvalue weighted by molar-refractivity contribution is -0.155. The molecule has 1 heterocycles. The second-order valence-electron chi connectivity index (χ2n) is 6.67. The summed E-state index contributed by atoms with van der Waals surface area (Å²) in [6.07, 6.45) is 0.0191. The Labute approximate surface area is 162 Å². The van der Waals surface area contributed by atoms with E-state index in [1.165, 1.54) is 29.2 Å². The van der Waals surface area contributed by atoms with Crippen molar-refractivity contribution >= 4 is 21.6 Å². The zero-order valence-electron chi connectivity index (χ0n) is 15.2. The van der Waals surface area contributed by atoms with Gasteiger partial charge in [0, 0.05) is 12.2 Å². The SMILES string of the molecule is CS(=O)(=O)Nc1ccc([C@@H](O)[C@H]2COCC(=O)N2Cc2ccc(F)cc2)cc1. The van der Waals surface area contributed by atoms with Crippen LogP contribution in [0.3, 0.4) is 0 Å². The van der Waals surface area contributed by atoms with Gasteiger partial charge in [-0.05, 0) is 35.4 Å². The fourth-order valence-electron chi connectivity index (χ4n) is 3.06. The van der Waals surface area contributed by atoms with Gasteiger partial charge in [0.2, 0.25) is 15.9 Å². The molecule has 3 rings (SSSR count). The number of halogens is 1. The van der Waals surface area contributed by atoms with Crippen LogP contribution in [0.15, 0.2) is 48.5 Å². The van der Waals surface area contributed by atoms with Crippen molar-refractivity contribution in [2.75, 3.05) is 24.2 Å². The molecule has 0 spiro atoms. The lowest BCUT2D eigenvalue weighted by Crippen LogP contribution is -2.51. The highest BCUT2D eigenvalue weighted by molar-refractivity contribution is 7.92. The molecule has 1 aliphatic heterocycles. The van der Waals surface area contributed by atoms with E-state index in [0.29, 0.717) is 11.3 Å². The van der Waals surface area contributed by atoms with Crippen LogP contribution in [-0.2, 0) is 26.1 Å². The van der Waals surface area contributed by atoms with Crippen LogP contribution in [0.2, 0.25) is 0 Å². The Morgan fingerprint density at radius 3 is 2.46 bits per heavy atom. The normalized spacial score (nSPS) is 18.8. The zero-order chi connectivity index (χ0) is 20.3. The Morgan fingerprint density at radius 2 is 1.86 bits per heavy atom. The van der Waals surface area contributed by atoms with Crippen LogP contribution >= 0.6 is 0 Å². The van der Waals surface area contributed by atoms with Crippen LogP contribution in [0.5, 0.6) is 0 Å². The van der Waals surface area contributed by atoms with Crippen LogP contribution in [0, 0.1) is 5.82 Å². The van der Waals surface area contributed by atoms with Crippen molar-refractivity contribution in [1.82, 2.24) is 4.90 Å². The largest absolute Gasteiger partial charge is 0.386 e. The number of hydrogen-bond donors (Lipinski definition) is 2. The van der Waals surface area contributed by atoms with Gasteiger partial charge < -0.3 is 14.7 Å². The maximum absolute atomic E-state index is 13.1. The fourth-order valence-corrected chi connectivity index (χ4v) is 3.63. The number of benzene rings is 2. The molecule has 150 valence electrons. The van der Waals surface area contributed by atoms with E-state index in [0.717, 1.165) is 11.8 Å². The summed E-state index contributed by atoms with van der Waals surface area (Å²) in [6.45, 7) is 0.289. The molecule has 1 aliphatic rings. The number of sulfonamides is 1. The van der Waals surface area contributed by atoms with E-state index in [-0.39, 0.29) is 31.5 Å². The van der Waals surface area contributed by atoms with Crippen LogP contribution in [0.1, 0.15) is 17.2 Å². The summed E-state index contributed by atoms with van der Waals surface area (Å²) in [4.78, 5) is 13.9. The topological polar surface area (TPSA) is 95.9 Å². The molecule has 0 unspecified atom stereocenters. The number of ether oxygens (including phenoxy) is 1. The number of morpholine rings is 1. The Balaban J connectivity index is 1.78. The quantitative estimate of drug-likeness (QED) is 0.758. The third-order valence-corrected chi connectivity index (χ3v) is 5.03. The molecule has 0 saturated carbocycles. The van der Waals surface area contributed by atoms with Crippen molar-refractivity contribution in [3.05, 3.63) is 65.5 Å². The molecule has 9 heteroatoms. The van der Waals surface area contributed by atoms with Crippen molar-refractivity contribution in [3.8, 4) is 0 Å². The standard InChI is InChI=1S/C19H21FN2O5S/c1-28(25,26)21-16-8-4-14(5-9-16)19(24)17-11-27-12-18(23)22(17)10-13-2-6-15(20)7-3-13/h2-9,17,19,21,24H,10-12H2,1H3/t17-,19-/m1/s1. The lowest BCUT2D eigenvalue weighted by atomic mass is 9.99. The van der Waals surface area contributed by atoms with Gasteiger partial charge in [-0.15, -0.1) is 0 Å². The zero-order valence-corrected chi connectivity index (χ0v) is 16.0. The molecule has 2 aromatic carbocycles. The highest BCUT2D eigenvalue weighted by Gasteiger charge is 2.34. The molecule has 0 aliphatic carbocycles. The minimum atomic E-state index is -3.40. The van der Waals surface area contributed by atoms with Gasteiger partial charge in [-0.2, -0.15) is 0 Å². The molecule has 1 saturated heterocycles. The first-order chi connectivity index (χ1) is 13.2. The summed E-state index contributed by atoms with van der Waals surface area (Å²) in [7, 11) is -3.40. The van der Waals surface area contributed by atoms with E-state index in [9.17, 15) is 22.7 Å². The summed E-state index contributed by atoms with van der Waals surface area (Å²) in [5, 5.41) is 10.8. The summed E-state index contributed by atoms with van der Waals surface area (Å²) in [5.74, 6) is -0.633. The molecule has 2 atom stereocenters.